The first-order valence-electron chi connectivity index (χ1n) is 9.22. The van der Waals surface area contributed by atoms with Crippen molar-refractivity contribution < 1.29 is 9.59 Å². The number of carbonyl (C=O) groups excluding carboxylic acids is 2. The zero-order chi connectivity index (χ0) is 19.6. The van der Waals surface area contributed by atoms with Gasteiger partial charge in [-0.05, 0) is 56.0 Å². The van der Waals surface area contributed by atoms with Crippen LogP contribution in [-0.4, -0.2) is 40.8 Å². The van der Waals surface area contributed by atoms with Gasteiger partial charge in [-0.3, -0.25) is 14.4 Å². The molecule has 2 aromatic rings. The summed E-state index contributed by atoms with van der Waals surface area (Å²) >= 11 is 0. The fourth-order valence-corrected chi connectivity index (χ4v) is 3.48. The van der Waals surface area contributed by atoms with Crippen molar-refractivity contribution in [1.82, 2.24) is 15.2 Å². The van der Waals surface area contributed by atoms with Gasteiger partial charge in [0, 0.05) is 42.9 Å². The fraction of sp³-hybridized carbons (Fsp3) is 0.381. The van der Waals surface area contributed by atoms with E-state index >= 15 is 0 Å². The molecule has 6 nitrogen and oxygen atoms in total. The molecule has 0 aliphatic carbocycles. The number of nitrogens with zero attached hydrogens (tertiary/aromatic N) is 1. The smallest absolute Gasteiger partial charge is 0.256 e. The Hall–Kier alpha value is -2.89. The third kappa shape index (κ3) is 4.27. The zero-order valence-corrected chi connectivity index (χ0v) is 16.0. The number of likely N-dealkylation sites (tertiary alicyclic amines) is 1. The summed E-state index contributed by atoms with van der Waals surface area (Å²) in [5.41, 5.74) is 3.71. The molecule has 0 bridgehead atoms. The van der Waals surface area contributed by atoms with Gasteiger partial charge < -0.3 is 15.2 Å². The number of amides is 2. The van der Waals surface area contributed by atoms with Gasteiger partial charge in [-0.1, -0.05) is 12.1 Å². The molecule has 1 unspecified atom stereocenters. The van der Waals surface area contributed by atoms with E-state index in [1.165, 1.54) is 6.92 Å². The van der Waals surface area contributed by atoms with Crippen LogP contribution in [0.2, 0.25) is 0 Å². The van der Waals surface area contributed by atoms with E-state index < -0.39 is 0 Å². The molecule has 0 spiro atoms. The molecule has 1 aromatic heterocycles. The third-order valence-electron chi connectivity index (χ3n) is 5.06. The Morgan fingerprint density at radius 1 is 1.19 bits per heavy atom. The Morgan fingerprint density at radius 2 is 1.89 bits per heavy atom. The highest BCUT2D eigenvalue weighted by Crippen LogP contribution is 2.20. The van der Waals surface area contributed by atoms with Crippen LogP contribution in [-0.2, 0) is 4.79 Å². The fourth-order valence-electron chi connectivity index (χ4n) is 3.48. The van der Waals surface area contributed by atoms with E-state index in [0.29, 0.717) is 24.2 Å². The van der Waals surface area contributed by atoms with E-state index in [1.54, 1.807) is 17.0 Å². The molecule has 1 aliphatic rings. The first-order chi connectivity index (χ1) is 12.8. The number of aromatic nitrogens is 1. The molecule has 1 fully saturated rings. The number of aromatic amines is 1. The van der Waals surface area contributed by atoms with Crippen LogP contribution in [0.3, 0.4) is 0 Å². The van der Waals surface area contributed by atoms with Gasteiger partial charge in [0.05, 0.1) is 0 Å². The topological polar surface area (TPSA) is 82.3 Å². The standard InChI is InChI=1S/C21H25N3O3/c1-13-11-19(20(26)22-14(13)2)16-6-8-17(9-7-16)21(27)24-10-4-5-18(12-24)23-15(3)25/h6-9,11,18H,4-5,10,12H2,1-3H3,(H,22,26)(H,23,25). The Labute approximate surface area is 158 Å². The van der Waals surface area contributed by atoms with Gasteiger partial charge in [0.25, 0.3) is 11.5 Å². The van der Waals surface area contributed by atoms with E-state index in [-0.39, 0.29) is 23.4 Å². The normalized spacial score (nSPS) is 16.9. The second-order valence-corrected chi connectivity index (χ2v) is 7.19. The average Bonchev–Trinajstić information content (AvgIpc) is 2.64. The SMILES string of the molecule is CC(=O)NC1CCCN(C(=O)c2ccc(-c3cc(C)c(C)[nH]c3=O)cc2)C1. The monoisotopic (exact) mass is 367 g/mol. The van der Waals surface area contributed by atoms with Crippen molar-refractivity contribution >= 4 is 11.8 Å². The maximum absolute atomic E-state index is 12.8. The first kappa shape index (κ1) is 18.9. The minimum absolute atomic E-state index is 0.00793. The minimum atomic E-state index is -0.133. The lowest BCUT2D eigenvalue weighted by Crippen LogP contribution is -2.49. The van der Waals surface area contributed by atoms with Crippen LogP contribution in [0.15, 0.2) is 35.1 Å². The predicted molar refractivity (Wildman–Crippen MR) is 105 cm³/mol. The Bertz CT molecular complexity index is 915. The summed E-state index contributed by atoms with van der Waals surface area (Å²) in [6.45, 7) is 6.53. The largest absolute Gasteiger partial charge is 0.352 e. The number of carbonyl (C=O) groups is 2. The molecule has 3 rings (SSSR count). The van der Waals surface area contributed by atoms with E-state index in [1.807, 2.05) is 32.0 Å². The highest BCUT2D eigenvalue weighted by Gasteiger charge is 2.24. The Kier molecular flexibility index (Phi) is 5.44. The van der Waals surface area contributed by atoms with Crippen LogP contribution in [0.5, 0.6) is 0 Å². The van der Waals surface area contributed by atoms with E-state index in [2.05, 4.69) is 10.3 Å². The van der Waals surface area contributed by atoms with Gasteiger partial charge in [0.2, 0.25) is 5.91 Å². The minimum Gasteiger partial charge on any atom is -0.352 e. The molecule has 2 heterocycles. The summed E-state index contributed by atoms with van der Waals surface area (Å²) in [5.74, 6) is -0.122. The lowest BCUT2D eigenvalue weighted by Gasteiger charge is -2.33. The van der Waals surface area contributed by atoms with Crippen LogP contribution < -0.4 is 10.9 Å². The van der Waals surface area contributed by atoms with E-state index in [4.69, 9.17) is 0 Å². The molecule has 1 aromatic carbocycles. The van der Waals surface area contributed by atoms with Crippen LogP contribution in [0.4, 0.5) is 0 Å². The predicted octanol–water partition coefficient (Wildman–Crippen LogP) is 2.40. The Morgan fingerprint density at radius 3 is 2.56 bits per heavy atom. The quantitative estimate of drug-likeness (QED) is 0.874. The van der Waals surface area contributed by atoms with Gasteiger partial charge in [0.1, 0.15) is 0 Å². The maximum Gasteiger partial charge on any atom is 0.256 e. The third-order valence-corrected chi connectivity index (χ3v) is 5.06. The molecule has 1 aliphatic heterocycles. The van der Waals surface area contributed by atoms with Crippen LogP contribution in [0.25, 0.3) is 11.1 Å². The second kappa shape index (κ2) is 7.78. The molecule has 0 saturated carbocycles. The summed E-state index contributed by atoms with van der Waals surface area (Å²) in [5, 5.41) is 2.89. The number of pyridine rings is 1. The molecule has 2 N–H and O–H groups in total. The molecule has 6 heteroatoms. The van der Waals surface area contributed by atoms with Gasteiger partial charge in [0.15, 0.2) is 0 Å². The molecule has 27 heavy (non-hydrogen) atoms. The van der Waals surface area contributed by atoms with Crippen LogP contribution in [0, 0.1) is 13.8 Å². The number of aryl methyl sites for hydroxylation is 2. The summed E-state index contributed by atoms with van der Waals surface area (Å²) < 4.78 is 0. The van der Waals surface area contributed by atoms with Crippen molar-refractivity contribution in [2.45, 2.75) is 39.7 Å². The summed E-state index contributed by atoms with van der Waals surface area (Å²) in [6.07, 6.45) is 1.75. The van der Waals surface area contributed by atoms with Gasteiger partial charge in [-0.2, -0.15) is 0 Å². The number of H-pyrrole nitrogens is 1. The van der Waals surface area contributed by atoms with Crippen LogP contribution in [0.1, 0.15) is 41.4 Å². The molecular weight excluding hydrogens is 342 g/mol. The van der Waals surface area contributed by atoms with Gasteiger partial charge in [-0.25, -0.2) is 0 Å². The Balaban J connectivity index is 1.77. The lowest BCUT2D eigenvalue weighted by molar-refractivity contribution is -0.120. The number of piperidine rings is 1. The molecular formula is C21H25N3O3. The van der Waals surface area contributed by atoms with Crippen molar-refractivity contribution in [2.75, 3.05) is 13.1 Å². The summed E-state index contributed by atoms with van der Waals surface area (Å²) in [7, 11) is 0. The lowest BCUT2D eigenvalue weighted by atomic mass is 10.0. The van der Waals surface area contributed by atoms with Crippen molar-refractivity contribution in [3.63, 3.8) is 0 Å². The number of nitrogens with one attached hydrogen (secondary N) is 2. The van der Waals surface area contributed by atoms with E-state index in [9.17, 15) is 14.4 Å². The number of rotatable bonds is 3. The first-order valence-corrected chi connectivity index (χ1v) is 9.22. The van der Waals surface area contributed by atoms with Crippen molar-refractivity contribution in [3.8, 4) is 11.1 Å². The number of benzene rings is 1. The number of hydrogen-bond donors (Lipinski definition) is 2. The zero-order valence-electron chi connectivity index (χ0n) is 16.0. The average molecular weight is 367 g/mol. The molecule has 1 atom stereocenters. The summed E-state index contributed by atoms with van der Waals surface area (Å²) in [4.78, 5) is 40.9. The maximum atomic E-state index is 12.8. The highest BCUT2D eigenvalue weighted by molar-refractivity contribution is 5.94. The summed E-state index contributed by atoms with van der Waals surface area (Å²) in [6, 6.07) is 9.01. The van der Waals surface area contributed by atoms with Crippen LogP contribution >= 0.6 is 0 Å². The molecule has 0 radical (unpaired) electrons. The van der Waals surface area contributed by atoms with Gasteiger partial charge in [-0.15, -0.1) is 0 Å². The molecule has 2 amide bonds. The molecule has 142 valence electrons. The number of hydrogen-bond acceptors (Lipinski definition) is 3. The highest BCUT2D eigenvalue weighted by atomic mass is 16.2. The van der Waals surface area contributed by atoms with E-state index in [0.717, 1.165) is 29.7 Å². The van der Waals surface area contributed by atoms with Crippen molar-refractivity contribution in [1.29, 1.82) is 0 Å². The molecule has 1 saturated heterocycles. The van der Waals surface area contributed by atoms with Gasteiger partial charge >= 0.3 is 0 Å². The van der Waals surface area contributed by atoms with Crippen molar-refractivity contribution in [2.24, 2.45) is 0 Å². The van der Waals surface area contributed by atoms with Crippen molar-refractivity contribution in [3.05, 3.63) is 57.5 Å². The second-order valence-electron chi connectivity index (χ2n) is 7.19.